The van der Waals surface area contributed by atoms with E-state index < -0.39 is 12.1 Å². The molecule has 230 valence electrons. The summed E-state index contributed by atoms with van der Waals surface area (Å²) in [5.41, 5.74) is 7.63. The number of amides is 1. The lowest BCUT2D eigenvalue weighted by molar-refractivity contribution is -0.125. The summed E-state index contributed by atoms with van der Waals surface area (Å²) in [6.07, 6.45) is 2.27. The normalized spacial score (nSPS) is 21.1. The van der Waals surface area contributed by atoms with Crippen molar-refractivity contribution in [2.75, 3.05) is 53.6 Å². The zero-order valence-corrected chi connectivity index (χ0v) is 25.9. The fraction of sp³-hybridized carbons (Fsp3) is 0.774. The van der Waals surface area contributed by atoms with Crippen molar-refractivity contribution < 1.29 is 28.8 Å². The number of nitrogens with zero attached hydrogens (tertiary/aromatic N) is 1. The van der Waals surface area contributed by atoms with E-state index in [4.69, 9.17) is 24.7 Å². The van der Waals surface area contributed by atoms with Crippen LogP contribution in [0.4, 0.5) is 0 Å². The molecule has 1 aromatic carbocycles. The first-order chi connectivity index (χ1) is 19.0. The molecule has 0 saturated carbocycles. The first-order valence-electron chi connectivity index (χ1n) is 14.9. The number of methoxy groups -OCH3 is 2. The summed E-state index contributed by atoms with van der Waals surface area (Å²) < 4.78 is 22.3. The molecule has 0 radical (unpaired) electrons. The largest absolute Gasteiger partial charge is 0.493 e. The quantitative estimate of drug-likeness (QED) is 0.232. The predicted octanol–water partition coefficient (Wildman–Crippen LogP) is 3.26. The third kappa shape index (κ3) is 11.9. The van der Waals surface area contributed by atoms with Crippen molar-refractivity contribution in [1.29, 1.82) is 0 Å². The Labute approximate surface area is 242 Å². The van der Waals surface area contributed by atoms with Gasteiger partial charge in [-0.1, -0.05) is 26.8 Å². The Morgan fingerprint density at radius 3 is 2.45 bits per heavy atom. The Morgan fingerprint density at radius 2 is 1.82 bits per heavy atom. The fourth-order valence-corrected chi connectivity index (χ4v) is 5.37. The average Bonchev–Trinajstić information content (AvgIpc) is 2.90. The van der Waals surface area contributed by atoms with Crippen molar-refractivity contribution in [2.45, 2.75) is 84.7 Å². The number of nitrogens with one attached hydrogen (secondary N) is 1. The monoisotopic (exact) mass is 565 g/mol. The maximum atomic E-state index is 12.7. The molecule has 1 amide bonds. The van der Waals surface area contributed by atoms with Crippen LogP contribution < -0.4 is 20.5 Å². The number of morpholine rings is 1. The number of aliphatic hydroxyl groups excluding tert-OH is 1. The third-order valence-corrected chi connectivity index (χ3v) is 7.75. The highest BCUT2D eigenvalue weighted by atomic mass is 16.5. The minimum atomic E-state index is -0.751. The van der Waals surface area contributed by atoms with Gasteiger partial charge in [0.25, 0.3) is 0 Å². The molecule has 2 rings (SSSR count). The summed E-state index contributed by atoms with van der Waals surface area (Å²) in [5, 5.41) is 13.9. The van der Waals surface area contributed by atoms with Gasteiger partial charge in [0.2, 0.25) is 5.91 Å². The van der Waals surface area contributed by atoms with Crippen LogP contribution >= 0.6 is 0 Å². The Kier molecular flexibility index (Phi) is 15.3. The molecule has 1 heterocycles. The van der Waals surface area contributed by atoms with E-state index in [1.165, 1.54) is 0 Å². The Balaban J connectivity index is 1.85. The zero-order valence-electron chi connectivity index (χ0n) is 25.9. The molecule has 1 fully saturated rings. The molecule has 40 heavy (non-hydrogen) atoms. The molecule has 1 aromatic rings. The summed E-state index contributed by atoms with van der Waals surface area (Å²) in [6, 6.07) is 5.62. The van der Waals surface area contributed by atoms with Crippen LogP contribution in [0, 0.1) is 17.8 Å². The van der Waals surface area contributed by atoms with Gasteiger partial charge in [0, 0.05) is 58.3 Å². The van der Waals surface area contributed by atoms with Crippen molar-refractivity contribution in [3.05, 3.63) is 23.8 Å². The lowest BCUT2D eigenvalue weighted by atomic mass is 9.82. The van der Waals surface area contributed by atoms with Crippen molar-refractivity contribution in [2.24, 2.45) is 23.5 Å². The third-order valence-electron chi connectivity index (χ3n) is 7.75. The van der Waals surface area contributed by atoms with Gasteiger partial charge in [0.15, 0.2) is 11.5 Å². The van der Waals surface area contributed by atoms with Crippen molar-refractivity contribution in [1.82, 2.24) is 10.2 Å². The molecule has 0 spiro atoms. The molecule has 9 heteroatoms. The second-order valence-electron chi connectivity index (χ2n) is 11.8. The van der Waals surface area contributed by atoms with Gasteiger partial charge in [-0.25, -0.2) is 0 Å². The predicted molar refractivity (Wildman–Crippen MR) is 159 cm³/mol. The molecular weight excluding hydrogens is 510 g/mol. The number of aliphatic hydroxyl groups is 1. The number of rotatable bonds is 18. The van der Waals surface area contributed by atoms with E-state index >= 15 is 0 Å². The second kappa shape index (κ2) is 17.8. The Bertz CT molecular complexity index is 859. The summed E-state index contributed by atoms with van der Waals surface area (Å²) in [7, 11) is 3.32. The van der Waals surface area contributed by atoms with Crippen molar-refractivity contribution >= 4 is 5.91 Å². The minimum Gasteiger partial charge on any atom is -0.493 e. The standard InChI is InChI=1S/C31H55N3O6/c1-21(2)26(16-25-9-10-29(38-7)30(17-25)39-14-8-13-37-6)18-27(32)28(35)15-22(3)31(36)33-11-12-34-19-23(4)40-24(5)20-34/h9-10,17,21-24,26-28,35H,8,11-16,18-20,32H2,1-7H3,(H,33,36)/t22?,23-,24-,26?,27?,28?/m0/s1. The summed E-state index contributed by atoms with van der Waals surface area (Å²) in [4.78, 5) is 15.0. The van der Waals surface area contributed by atoms with E-state index in [2.05, 4.69) is 44.0 Å². The average molecular weight is 566 g/mol. The Hall–Kier alpha value is -1.91. The van der Waals surface area contributed by atoms with Crippen LogP contribution in [0.1, 0.15) is 59.4 Å². The van der Waals surface area contributed by atoms with Gasteiger partial charge in [-0.2, -0.15) is 0 Å². The van der Waals surface area contributed by atoms with Gasteiger partial charge < -0.3 is 35.1 Å². The highest BCUT2D eigenvalue weighted by molar-refractivity contribution is 5.78. The van der Waals surface area contributed by atoms with E-state index in [-0.39, 0.29) is 30.0 Å². The van der Waals surface area contributed by atoms with E-state index in [0.717, 1.165) is 43.8 Å². The van der Waals surface area contributed by atoms with Crippen molar-refractivity contribution in [3.63, 3.8) is 0 Å². The van der Waals surface area contributed by atoms with Gasteiger partial charge in [-0.05, 0) is 62.6 Å². The number of ether oxygens (including phenoxy) is 4. The maximum Gasteiger partial charge on any atom is 0.222 e. The van der Waals surface area contributed by atoms with E-state index in [0.29, 0.717) is 44.3 Å². The second-order valence-corrected chi connectivity index (χ2v) is 11.8. The molecular formula is C31H55N3O6. The van der Waals surface area contributed by atoms with Gasteiger partial charge in [0.05, 0.1) is 32.0 Å². The molecule has 0 bridgehead atoms. The molecule has 4 N–H and O–H groups in total. The molecule has 4 unspecified atom stereocenters. The first kappa shape index (κ1) is 34.3. The van der Waals surface area contributed by atoms with E-state index in [1.54, 1.807) is 14.2 Å². The number of nitrogens with two attached hydrogens (primary N) is 1. The fourth-order valence-electron chi connectivity index (χ4n) is 5.37. The van der Waals surface area contributed by atoms with Crippen LogP contribution in [0.15, 0.2) is 18.2 Å². The van der Waals surface area contributed by atoms with Crippen LogP contribution in [0.3, 0.4) is 0 Å². The molecule has 9 nitrogen and oxygen atoms in total. The highest BCUT2D eigenvalue weighted by Crippen LogP contribution is 2.31. The van der Waals surface area contributed by atoms with Crippen molar-refractivity contribution in [3.8, 4) is 11.5 Å². The van der Waals surface area contributed by atoms with Gasteiger partial charge in [-0.15, -0.1) is 0 Å². The molecule has 0 aliphatic carbocycles. The number of carbonyl (C=O) groups is 1. The van der Waals surface area contributed by atoms with Crippen LogP contribution in [-0.2, 0) is 20.7 Å². The number of benzene rings is 1. The van der Waals surface area contributed by atoms with Gasteiger partial charge in [0.1, 0.15) is 0 Å². The van der Waals surface area contributed by atoms with E-state index in [1.807, 2.05) is 19.1 Å². The van der Waals surface area contributed by atoms with Gasteiger partial charge in [-0.3, -0.25) is 9.69 Å². The van der Waals surface area contributed by atoms with E-state index in [9.17, 15) is 9.90 Å². The molecule has 1 aliphatic rings. The summed E-state index contributed by atoms with van der Waals surface area (Å²) in [6.45, 7) is 14.7. The molecule has 1 saturated heterocycles. The first-order valence-corrected chi connectivity index (χ1v) is 14.9. The number of hydrogen-bond donors (Lipinski definition) is 3. The maximum absolute atomic E-state index is 12.7. The zero-order chi connectivity index (χ0) is 29.7. The van der Waals surface area contributed by atoms with Crippen LogP contribution in [0.5, 0.6) is 11.5 Å². The molecule has 1 aliphatic heterocycles. The lowest BCUT2D eigenvalue weighted by Crippen LogP contribution is -2.48. The van der Waals surface area contributed by atoms with Crippen LogP contribution in [-0.4, -0.2) is 93.9 Å². The summed E-state index contributed by atoms with van der Waals surface area (Å²) in [5.74, 6) is 1.70. The highest BCUT2D eigenvalue weighted by Gasteiger charge is 2.27. The number of carbonyl (C=O) groups excluding carboxylic acids is 1. The minimum absolute atomic E-state index is 0.0442. The van der Waals surface area contributed by atoms with Gasteiger partial charge >= 0.3 is 0 Å². The van der Waals surface area contributed by atoms with Crippen LogP contribution in [0.25, 0.3) is 0 Å². The number of hydrogen-bond acceptors (Lipinski definition) is 8. The molecule has 6 atom stereocenters. The molecule has 0 aromatic heterocycles. The Morgan fingerprint density at radius 1 is 1.12 bits per heavy atom. The lowest BCUT2D eigenvalue weighted by Gasteiger charge is -2.35. The summed E-state index contributed by atoms with van der Waals surface area (Å²) >= 11 is 0. The topological polar surface area (TPSA) is 116 Å². The van der Waals surface area contributed by atoms with Crippen LogP contribution in [0.2, 0.25) is 0 Å². The SMILES string of the molecule is COCCCOc1cc(CC(CC(N)C(O)CC(C)C(=O)NCCN2C[C@H](C)O[C@@H](C)C2)C(C)C)ccc1OC. The smallest absolute Gasteiger partial charge is 0.222 e.